The average molecular weight is 379 g/mol. The third kappa shape index (κ3) is 3.63. The van der Waals surface area contributed by atoms with E-state index < -0.39 is 0 Å². The van der Waals surface area contributed by atoms with Crippen molar-refractivity contribution in [3.8, 4) is 0 Å². The average Bonchev–Trinajstić information content (AvgIpc) is 2.36. The van der Waals surface area contributed by atoms with Crippen molar-refractivity contribution in [2.45, 2.75) is 0 Å². The zero-order chi connectivity index (χ0) is 14.0. The number of hydrogen-bond acceptors (Lipinski definition) is 1. The van der Waals surface area contributed by atoms with Crippen molar-refractivity contribution in [1.29, 1.82) is 0 Å². The molecule has 0 radical (unpaired) electrons. The highest BCUT2D eigenvalue weighted by Gasteiger charge is 2.11. The SMILES string of the molecule is O=C(Nc1ccc(Cl)c(Cl)c1)c1cc(Br)ccc1Cl. The van der Waals surface area contributed by atoms with E-state index in [-0.39, 0.29) is 5.91 Å². The molecule has 19 heavy (non-hydrogen) atoms. The molecule has 0 atom stereocenters. The zero-order valence-corrected chi connectivity index (χ0v) is 13.2. The van der Waals surface area contributed by atoms with Crippen LogP contribution in [0.5, 0.6) is 0 Å². The monoisotopic (exact) mass is 377 g/mol. The predicted octanol–water partition coefficient (Wildman–Crippen LogP) is 5.66. The Morgan fingerprint density at radius 1 is 0.947 bits per heavy atom. The molecule has 0 aliphatic heterocycles. The highest BCUT2D eigenvalue weighted by molar-refractivity contribution is 9.10. The number of carbonyl (C=O) groups excluding carboxylic acids is 1. The molecule has 1 amide bonds. The summed E-state index contributed by atoms with van der Waals surface area (Å²) < 4.78 is 0.774. The van der Waals surface area contributed by atoms with E-state index in [0.29, 0.717) is 26.3 Å². The zero-order valence-electron chi connectivity index (χ0n) is 9.38. The van der Waals surface area contributed by atoms with Gasteiger partial charge in [0.15, 0.2) is 0 Å². The van der Waals surface area contributed by atoms with Gasteiger partial charge in [-0.3, -0.25) is 4.79 Å². The molecule has 0 aliphatic carbocycles. The number of carbonyl (C=O) groups is 1. The van der Waals surface area contributed by atoms with Gasteiger partial charge in [0.05, 0.1) is 20.6 Å². The topological polar surface area (TPSA) is 29.1 Å². The highest BCUT2D eigenvalue weighted by Crippen LogP contribution is 2.26. The molecule has 2 rings (SSSR count). The molecule has 0 saturated heterocycles. The molecule has 98 valence electrons. The van der Waals surface area contributed by atoms with Gasteiger partial charge in [0.2, 0.25) is 0 Å². The molecule has 6 heteroatoms. The molecule has 0 fully saturated rings. The van der Waals surface area contributed by atoms with Gasteiger partial charge < -0.3 is 5.32 Å². The van der Waals surface area contributed by atoms with E-state index >= 15 is 0 Å². The molecule has 2 aromatic rings. The van der Waals surface area contributed by atoms with Gasteiger partial charge >= 0.3 is 0 Å². The molecule has 0 unspecified atom stereocenters. The first-order valence-corrected chi connectivity index (χ1v) is 7.11. The lowest BCUT2D eigenvalue weighted by molar-refractivity contribution is 0.102. The molecule has 0 aromatic heterocycles. The maximum atomic E-state index is 12.1. The van der Waals surface area contributed by atoms with Crippen LogP contribution < -0.4 is 5.32 Å². The number of nitrogens with one attached hydrogen (secondary N) is 1. The van der Waals surface area contributed by atoms with Crippen molar-refractivity contribution in [3.05, 3.63) is 61.5 Å². The van der Waals surface area contributed by atoms with Crippen LogP contribution in [-0.4, -0.2) is 5.91 Å². The number of amides is 1. The largest absolute Gasteiger partial charge is 0.322 e. The van der Waals surface area contributed by atoms with Crippen molar-refractivity contribution in [2.75, 3.05) is 5.32 Å². The quantitative estimate of drug-likeness (QED) is 0.716. The van der Waals surface area contributed by atoms with E-state index in [1.54, 1.807) is 36.4 Å². The fourth-order valence-corrected chi connectivity index (χ4v) is 2.31. The van der Waals surface area contributed by atoms with Crippen LogP contribution >= 0.6 is 50.7 Å². The van der Waals surface area contributed by atoms with E-state index in [1.165, 1.54) is 0 Å². The third-order valence-electron chi connectivity index (χ3n) is 2.35. The lowest BCUT2D eigenvalue weighted by Crippen LogP contribution is -2.12. The second-order valence-corrected chi connectivity index (χ2v) is 5.84. The molecule has 0 saturated carbocycles. The Morgan fingerprint density at radius 3 is 2.32 bits per heavy atom. The van der Waals surface area contributed by atoms with E-state index in [4.69, 9.17) is 34.8 Å². The summed E-state index contributed by atoms with van der Waals surface area (Å²) in [6, 6.07) is 9.91. The van der Waals surface area contributed by atoms with Crippen LogP contribution in [0.4, 0.5) is 5.69 Å². The molecule has 1 N–H and O–H groups in total. The lowest BCUT2D eigenvalue weighted by Gasteiger charge is -2.08. The van der Waals surface area contributed by atoms with Crippen molar-refractivity contribution >= 4 is 62.3 Å². The molecule has 2 nitrogen and oxygen atoms in total. The van der Waals surface area contributed by atoms with Crippen LogP contribution in [0.15, 0.2) is 40.9 Å². The minimum Gasteiger partial charge on any atom is -0.322 e. The fourth-order valence-electron chi connectivity index (χ4n) is 1.44. The fraction of sp³-hybridized carbons (Fsp3) is 0. The van der Waals surface area contributed by atoms with Crippen LogP contribution in [0.1, 0.15) is 10.4 Å². The first-order chi connectivity index (χ1) is 8.97. The second kappa shape index (κ2) is 6.14. The Kier molecular flexibility index (Phi) is 4.74. The van der Waals surface area contributed by atoms with Gasteiger partial charge in [0.25, 0.3) is 5.91 Å². The number of rotatable bonds is 2. The minimum absolute atomic E-state index is 0.315. The van der Waals surface area contributed by atoms with Gasteiger partial charge in [-0.25, -0.2) is 0 Å². The summed E-state index contributed by atoms with van der Waals surface area (Å²) >= 11 is 21.0. The summed E-state index contributed by atoms with van der Waals surface area (Å²) in [5.74, 6) is -0.315. The summed E-state index contributed by atoms with van der Waals surface area (Å²) in [6.45, 7) is 0. The van der Waals surface area contributed by atoms with E-state index in [0.717, 1.165) is 4.47 Å². The first-order valence-electron chi connectivity index (χ1n) is 5.19. The van der Waals surface area contributed by atoms with Crippen LogP contribution in [-0.2, 0) is 0 Å². The van der Waals surface area contributed by atoms with Crippen LogP contribution in [0.25, 0.3) is 0 Å². The summed E-state index contributed by atoms with van der Waals surface area (Å²) in [6.07, 6.45) is 0. The van der Waals surface area contributed by atoms with E-state index in [1.807, 2.05) is 0 Å². The number of benzene rings is 2. The first kappa shape index (κ1) is 14.7. The van der Waals surface area contributed by atoms with E-state index in [9.17, 15) is 4.79 Å². The van der Waals surface area contributed by atoms with Crippen molar-refractivity contribution < 1.29 is 4.79 Å². The number of hydrogen-bond donors (Lipinski definition) is 1. The van der Waals surface area contributed by atoms with Crippen LogP contribution in [0, 0.1) is 0 Å². The van der Waals surface area contributed by atoms with Gasteiger partial charge in [0.1, 0.15) is 0 Å². The second-order valence-electron chi connectivity index (χ2n) is 3.71. The molecular weight excluding hydrogens is 372 g/mol. The normalized spacial score (nSPS) is 10.3. The maximum Gasteiger partial charge on any atom is 0.257 e. The van der Waals surface area contributed by atoms with Crippen molar-refractivity contribution in [2.24, 2.45) is 0 Å². The molecule has 0 heterocycles. The number of halogens is 4. The Balaban J connectivity index is 2.25. The maximum absolute atomic E-state index is 12.1. The molecule has 0 spiro atoms. The Labute approximate surface area is 133 Å². The smallest absolute Gasteiger partial charge is 0.257 e. The summed E-state index contributed by atoms with van der Waals surface area (Å²) in [4.78, 5) is 12.1. The van der Waals surface area contributed by atoms with E-state index in [2.05, 4.69) is 21.2 Å². The lowest BCUT2D eigenvalue weighted by atomic mass is 10.2. The molecule has 0 bridgehead atoms. The summed E-state index contributed by atoms with van der Waals surface area (Å²) in [5.41, 5.74) is 0.928. The van der Waals surface area contributed by atoms with Crippen molar-refractivity contribution in [3.63, 3.8) is 0 Å². The standard InChI is InChI=1S/C13H7BrCl3NO/c14-7-1-3-10(15)9(5-7)13(19)18-8-2-4-11(16)12(17)6-8/h1-6H,(H,18,19). The summed E-state index contributed by atoms with van der Waals surface area (Å²) in [7, 11) is 0. The predicted molar refractivity (Wildman–Crippen MR) is 83.6 cm³/mol. The summed E-state index contributed by atoms with van der Waals surface area (Å²) in [5, 5.41) is 3.89. The van der Waals surface area contributed by atoms with Crippen LogP contribution in [0.3, 0.4) is 0 Å². The number of anilines is 1. The highest BCUT2D eigenvalue weighted by atomic mass is 79.9. The minimum atomic E-state index is -0.315. The van der Waals surface area contributed by atoms with Crippen LogP contribution in [0.2, 0.25) is 15.1 Å². The van der Waals surface area contributed by atoms with Gasteiger partial charge in [-0.05, 0) is 36.4 Å². The third-order valence-corrected chi connectivity index (χ3v) is 3.91. The van der Waals surface area contributed by atoms with Crippen molar-refractivity contribution in [1.82, 2.24) is 0 Å². The Bertz CT molecular complexity index is 646. The van der Waals surface area contributed by atoms with Gasteiger partial charge in [0, 0.05) is 10.2 Å². The van der Waals surface area contributed by atoms with Gasteiger partial charge in [-0.1, -0.05) is 50.7 Å². The van der Waals surface area contributed by atoms with Gasteiger partial charge in [-0.15, -0.1) is 0 Å². The molecule has 0 aliphatic rings. The Hall–Kier alpha value is -0.740. The van der Waals surface area contributed by atoms with Gasteiger partial charge in [-0.2, -0.15) is 0 Å². The molecule has 2 aromatic carbocycles. The Morgan fingerprint density at radius 2 is 1.63 bits per heavy atom. The molecular formula is C13H7BrCl3NO.